The summed E-state index contributed by atoms with van der Waals surface area (Å²) in [5.74, 6) is -2.14. The number of ether oxygens (including phenoxy) is 3. The molecule has 0 radical (unpaired) electrons. The topological polar surface area (TPSA) is 133 Å². The van der Waals surface area contributed by atoms with Crippen LogP contribution in [-0.2, 0) is 23.8 Å². The molecule has 0 bridgehead atoms. The van der Waals surface area contributed by atoms with Crippen LogP contribution in [0.25, 0.3) is 0 Å². The first-order valence-corrected chi connectivity index (χ1v) is 14.9. The summed E-state index contributed by atoms with van der Waals surface area (Å²) in [7, 11) is 0. The number of hydrogen-bond donors (Lipinski definition) is 2. The summed E-state index contributed by atoms with van der Waals surface area (Å²) in [6.45, 7) is 15.9. The monoisotopic (exact) mass is 725 g/mol. The van der Waals surface area contributed by atoms with Gasteiger partial charge in [-0.15, -0.1) is 0 Å². The number of nitrogens with one attached hydrogen (secondary N) is 2. The van der Waals surface area contributed by atoms with Crippen molar-refractivity contribution in [2.45, 2.75) is 104 Å². The Bertz CT molecular complexity index is 978. The Kier molecular flexibility index (Phi) is 12.6. The zero-order chi connectivity index (χ0) is 29.3. The molecule has 38 heavy (non-hydrogen) atoms. The van der Waals surface area contributed by atoms with Crippen LogP contribution in [0.1, 0.15) is 91.9 Å². The molecule has 1 aromatic rings. The average molecular weight is 725 g/mol. The van der Waals surface area contributed by atoms with Crippen LogP contribution in [-0.4, -0.2) is 84.1 Å². The molecule has 1 unspecified atom stereocenters. The fourth-order valence-corrected chi connectivity index (χ4v) is 4.31. The molecule has 0 aliphatic rings. The third-order valence-corrected chi connectivity index (χ3v) is 5.93. The van der Waals surface area contributed by atoms with E-state index in [-0.39, 0.29) is 12.3 Å². The summed E-state index contributed by atoms with van der Waals surface area (Å²) < 4.78 is 17.3. The maximum atomic E-state index is 13.1. The molecule has 0 spiro atoms. The Labute approximate surface area is 242 Å². The SMILES string of the molecule is CC(C)(C)OC(=O)NC(C[C@H](CCCNC(=O)c1ccn[c]([Tl])c1)C(=O)OC(C)(C)C)C(=O)OC(C)(C)C. The Morgan fingerprint density at radius 3 is 1.97 bits per heavy atom. The maximum absolute atomic E-state index is 13.1. The molecular formula is C27H42N3O7Tl. The number of hydrogen-bond acceptors (Lipinski definition) is 8. The minimum atomic E-state index is -1.14. The van der Waals surface area contributed by atoms with Crippen molar-refractivity contribution >= 4 is 53.0 Å². The van der Waals surface area contributed by atoms with Gasteiger partial charge >= 0.3 is 150 Å². The molecule has 10 nitrogen and oxygen atoms in total. The second-order valence-corrected chi connectivity index (χ2v) is 14.4. The van der Waals surface area contributed by atoms with Gasteiger partial charge in [-0.25, -0.2) is 9.59 Å². The van der Waals surface area contributed by atoms with Gasteiger partial charge in [-0.2, -0.15) is 0 Å². The number of amides is 2. The Hall–Kier alpha value is -2.25. The third-order valence-electron chi connectivity index (χ3n) is 4.70. The van der Waals surface area contributed by atoms with Crippen molar-refractivity contribution < 1.29 is 33.4 Å². The Morgan fingerprint density at radius 1 is 0.895 bits per heavy atom. The molecule has 0 fully saturated rings. The van der Waals surface area contributed by atoms with E-state index in [1.807, 2.05) is 0 Å². The van der Waals surface area contributed by atoms with Gasteiger partial charge in [0.15, 0.2) is 0 Å². The number of nitrogens with zero attached hydrogens (tertiary/aromatic N) is 1. The van der Waals surface area contributed by atoms with E-state index in [1.54, 1.807) is 80.6 Å². The van der Waals surface area contributed by atoms with Gasteiger partial charge < -0.3 is 9.47 Å². The molecule has 0 saturated heterocycles. The van der Waals surface area contributed by atoms with E-state index >= 15 is 0 Å². The van der Waals surface area contributed by atoms with Crippen LogP contribution in [0.2, 0.25) is 0 Å². The van der Waals surface area contributed by atoms with Crippen molar-refractivity contribution in [3.63, 3.8) is 0 Å². The van der Waals surface area contributed by atoms with E-state index in [0.717, 1.165) is 3.25 Å². The number of rotatable bonds is 10. The van der Waals surface area contributed by atoms with Crippen molar-refractivity contribution in [1.29, 1.82) is 0 Å². The van der Waals surface area contributed by atoms with Crippen LogP contribution < -0.4 is 13.9 Å². The zero-order valence-electron chi connectivity index (χ0n) is 24.1. The molecule has 2 amide bonds. The van der Waals surface area contributed by atoms with Crippen molar-refractivity contribution in [3.8, 4) is 0 Å². The van der Waals surface area contributed by atoms with Gasteiger partial charge in [0.2, 0.25) is 0 Å². The number of carbonyl (C=O) groups excluding carboxylic acids is 4. The van der Waals surface area contributed by atoms with E-state index in [9.17, 15) is 19.2 Å². The van der Waals surface area contributed by atoms with E-state index in [4.69, 9.17) is 14.2 Å². The van der Waals surface area contributed by atoms with Gasteiger partial charge in [-0.05, 0) is 62.3 Å². The predicted molar refractivity (Wildman–Crippen MR) is 144 cm³/mol. The fraction of sp³-hybridized carbons (Fsp3) is 0.667. The zero-order valence-corrected chi connectivity index (χ0v) is 28.6. The summed E-state index contributed by atoms with van der Waals surface area (Å²) in [4.78, 5) is 55.2. The number of pyridine rings is 1. The standard InChI is InChI=1S/C27H42N3O7.Tl/c1-25(2,3)35-22(32)19(11-10-14-29-21(31)18-12-15-28-16-13-18)17-20(23(33)36-26(4,5)6)30-24(34)37-27(7,8)9;/h12-13,15,19-20H,10-11,14,17H2,1-9H3,(H,29,31)(H,30,34);/t19-,20?;/m0./s1. The molecule has 1 rings (SSSR count). The van der Waals surface area contributed by atoms with Gasteiger partial charge in [-0.1, -0.05) is 0 Å². The van der Waals surface area contributed by atoms with Gasteiger partial charge in [-0.3, -0.25) is 0 Å². The van der Waals surface area contributed by atoms with Crippen LogP contribution in [0.3, 0.4) is 0 Å². The van der Waals surface area contributed by atoms with Crippen LogP contribution >= 0.6 is 0 Å². The number of alkyl carbamates (subject to hydrolysis) is 1. The minimum absolute atomic E-state index is 0.0495. The van der Waals surface area contributed by atoms with Crippen molar-refractivity contribution in [1.82, 2.24) is 15.6 Å². The van der Waals surface area contributed by atoms with Gasteiger partial charge in [0, 0.05) is 0 Å². The molecule has 2 N–H and O–H groups in total. The summed E-state index contributed by atoms with van der Waals surface area (Å²) >= 11 is 0.523. The van der Waals surface area contributed by atoms with Crippen LogP contribution in [0.15, 0.2) is 18.3 Å². The van der Waals surface area contributed by atoms with Crippen molar-refractivity contribution in [2.24, 2.45) is 5.92 Å². The third kappa shape index (κ3) is 14.6. The van der Waals surface area contributed by atoms with Crippen LogP contribution in [0, 0.1) is 5.92 Å². The molecule has 11 heteroatoms. The Morgan fingerprint density at radius 2 is 1.45 bits per heavy atom. The fourth-order valence-electron chi connectivity index (χ4n) is 3.28. The molecule has 1 aromatic heterocycles. The summed E-state index contributed by atoms with van der Waals surface area (Å²) in [6, 6.07) is 2.27. The van der Waals surface area contributed by atoms with E-state index in [2.05, 4.69) is 15.6 Å². The molecule has 0 aliphatic heterocycles. The number of esters is 2. The first-order valence-electron chi connectivity index (χ1n) is 12.7. The molecule has 2 atom stereocenters. The van der Waals surface area contributed by atoms with E-state index in [1.165, 1.54) is 0 Å². The van der Waals surface area contributed by atoms with E-state index in [0.29, 0.717) is 50.7 Å². The molecular weight excluding hydrogens is 683 g/mol. The van der Waals surface area contributed by atoms with Gasteiger partial charge in [0.1, 0.15) is 11.2 Å². The second-order valence-electron chi connectivity index (χ2n) is 12.1. The molecule has 0 aliphatic carbocycles. The molecule has 0 saturated carbocycles. The summed E-state index contributed by atoms with van der Waals surface area (Å²) in [5.41, 5.74) is -1.79. The quantitative estimate of drug-likeness (QED) is 0.163. The van der Waals surface area contributed by atoms with Gasteiger partial charge in [0.25, 0.3) is 0 Å². The molecule has 1 heterocycles. The Balaban J connectivity index is 3.01. The average Bonchev–Trinajstić information content (AvgIpc) is 2.71. The number of aromatic nitrogens is 1. The molecule has 0 aromatic carbocycles. The van der Waals surface area contributed by atoms with Crippen molar-refractivity contribution in [2.75, 3.05) is 6.54 Å². The van der Waals surface area contributed by atoms with Gasteiger partial charge in [0.05, 0.1) is 0 Å². The molecule has 210 valence electrons. The summed E-state index contributed by atoms with van der Waals surface area (Å²) in [6.07, 6.45) is 1.53. The first kappa shape index (κ1) is 33.8. The van der Waals surface area contributed by atoms with Crippen LogP contribution in [0.4, 0.5) is 4.79 Å². The minimum Gasteiger partial charge on any atom is -0.458 e. The van der Waals surface area contributed by atoms with Crippen molar-refractivity contribution in [3.05, 3.63) is 23.9 Å². The van der Waals surface area contributed by atoms with Crippen LogP contribution in [0.5, 0.6) is 0 Å². The normalized spacial score (nSPS) is 13.6. The number of carbonyl (C=O) groups is 4. The first-order chi connectivity index (χ1) is 17.3. The predicted octanol–water partition coefficient (Wildman–Crippen LogP) is 2.97. The summed E-state index contributed by atoms with van der Waals surface area (Å²) in [5, 5.41) is 5.42. The van der Waals surface area contributed by atoms with E-state index < -0.39 is 46.8 Å². The smallest absolute Gasteiger partial charge is 0.458 e. The second kappa shape index (κ2) is 14.2.